The van der Waals surface area contributed by atoms with Crippen LogP contribution in [0, 0.1) is 27.7 Å². The molecule has 196 valence electrons. The first-order valence-electron chi connectivity index (χ1n) is 13.3. The lowest BCUT2D eigenvalue weighted by atomic mass is 10.1. The summed E-state index contributed by atoms with van der Waals surface area (Å²) in [6, 6.07) is 36.3. The third kappa shape index (κ3) is 5.95. The highest BCUT2D eigenvalue weighted by Crippen LogP contribution is 2.60. The van der Waals surface area contributed by atoms with E-state index in [9.17, 15) is 0 Å². The van der Waals surface area contributed by atoms with Gasteiger partial charge in [0.15, 0.2) is 0 Å². The fourth-order valence-electron chi connectivity index (χ4n) is 4.75. The van der Waals surface area contributed by atoms with Gasteiger partial charge in [0, 0.05) is 30.6 Å². The Hall–Kier alpha value is -2.24. The van der Waals surface area contributed by atoms with Gasteiger partial charge in [-0.25, -0.2) is 0 Å². The van der Waals surface area contributed by atoms with E-state index in [2.05, 4.69) is 160 Å². The second-order valence-corrected chi connectivity index (χ2v) is 15.2. The van der Waals surface area contributed by atoms with Crippen LogP contribution in [0.4, 0.5) is 0 Å². The van der Waals surface area contributed by atoms with E-state index >= 15 is 0 Å². The van der Waals surface area contributed by atoms with Crippen molar-refractivity contribution < 1.29 is 0 Å². The number of thioether (sulfide) groups is 4. The molecule has 0 aliphatic carbocycles. The van der Waals surface area contributed by atoms with Gasteiger partial charge in [0.2, 0.25) is 0 Å². The van der Waals surface area contributed by atoms with Crippen LogP contribution in [0.5, 0.6) is 0 Å². The van der Waals surface area contributed by atoms with Crippen LogP contribution < -0.4 is 0 Å². The van der Waals surface area contributed by atoms with Crippen LogP contribution in [0.3, 0.4) is 0 Å². The molecular weight excluding hydrogens is 549 g/mol. The van der Waals surface area contributed by atoms with Crippen molar-refractivity contribution >= 4 is 66.7 Å². The second-order valence-electron chi connectivity index (χ2n) is 10.4. The van der Waals surface area contributed by atoms with Gasteiger partial charge in [0.1, 0.15) is 0 Å². The maximum Gasteiger partial charge on any atom is 0.0728 e. The molecule has 4 heteroatoms. The minimum absolute atomic E-state index is 0.454. The lowest BCUT2D eigenvalue weighted by Gasteiger charge is -2.30. The van der Waals surface area contributed by atoms with Gasteiger partial charge < -0.3 is 0 Å². The van der Waals surface area contributed by atoms with Crippen molar-refractivity contribution in [2.75, 3.05) is 5.75 Å². The van der Waals surface area contributed by atoms with Crippen molar-refractivity contribution in [3.8, 4) is 0 Å². The Balaban J connectivity index is 1.35. The van der Waals surface area contributed by atoms with E-state index in [1.165, 1.54) is 64.1 Å². The Morgan fingerprint density at radius 3 is 1.08 bits per heavy atom. The molecule has 2 heterocycles. The van der Waals surface area contributed by atoms with Crippen LogP contribution in [-0.2, 0) is 0 Å². The fourth-order valence-corrected chi connectivity index (χ4v) is 11.5. The Morgan fingerprint density at radius 1 is 0.410 bits per heavy atom. The molecule has 1 atom stereocenters. The zero-order chi connectivity index (χ0) is 26.9. The smallest absolute Gasteiger partial charge is 0.0728 e. The van der Waals surface area contributed by atoms with Crippen LogP contribution in [-0.4, -0.2) is 15.6 Å². The summed E-state index contributed by atoms with van der Waals surface area (Å²) in [4.78, 5) is 5.68. The molecule has 0 N–H and O–H groups in total. The van der Waals surface area contributed by atoms with E-state index < -0.39 is 0 Å². The van der Waals surface area contributed by atoms with Crippen LogP contribution >= 0.6 is 47.0 Å². The molecule has 0 amide bonds. The maximum absolute atomic E-state index is 2.30. The molecule has 6 rings (SSSR count). The molecule has 0 saturated heterocycles. The predicted octanol–water partition coefficient (Wildman–Crippen LogP) is 10.9. The monoisotopic (exact) mass is 580 g/mol. The summed E-state index contributed by atoms with van der Waals surface area (Å²) in [5, 5.41) is 0.499. The fraction of sp³-hybridized carbons (Fsp3) is 0.200. The SMILES string of the molecule is Cc1ccc(C2=C(c3ccc(C)cc3)SC(C3SC(c4ccc(C)cc4)=C(c4ccc(C)cc4)S3)CS2)cc1. The Kier molecular flexibility index (Phi) is 8.09. The summed E-state index contributed by atoms with van der Waals surface area (Å²) in [6.45, 7) is 8.66. The summed E-state index contributed by atoms with van der Waals surface area (Å²) >= 11 is 8.26. The van der Waals surface area contributed by atoms with Gasteiger partial charge in [0.25, 0.3) is 0 Å². The van der Waals surface area contributed by atoms with E-state index in [4.69, 9.17) is 0 Å². The molecule has 2 aliphatic rings. The number of hydrogen-bond acceptors (Lipinski definition) is 4. The predicted molar refractivity (Wildman–Crippen MR) is 181 cm³/mol. The molecule has 2 aliphatic heterocycles. The molecule has 4 aromatic carbocycles. The molecule has 1 unspecified atom stereocenters. The third-order valence-corrected chi connectivity index (χ3v) is 13.6. The van der Waals surface area contributed by atoms with Gasteiger partial charge in [-0.3, -0.25) is 0 Å². The van der Waals surface area contributed by atoms with Crippen molar-refractivity contribution in [2.24, 2.45) is 0 Å². The molecular formula is C35H32S4. The molecule has 39 heavy (non-hydrogen) atoms. The van der Waals surface area contributed by atoms with Gasteiger partial charge in [-0.2, -0.15) is 0 Å². The number of hydrogen-bond donors (Lipinski definition) is 0. The average Bonchev–Trinajstić information content (AvgIpc) is 3.40. The topological polar surface area (TPSA) is 0 Å². The normalized spacial score (nSPS) is 18.2. The number of rotatable bonds is 5. The van der Waals surface area contributed by atoms with E-state index in [0.717, 1.165) is 5.75 Å². The molecule has 0 saturated carbocycles. The lowest BCUT2D eigenvalue weighted by molar-refractivity contribution is 1.11. The van der Waals surface area contributed by atoms with Crippen molar-refractivity contribution in [1.82, 2.24) is 0 Å². The quantitative estimate of drug-likeness (QED) is 0.230. The second kappa shape index (κ2) is 11.7. The first-order chi connectivity index (χ1) is 18.9. The summed E-state index contributed by atoms with van der Waals surface area (Å²) in [5.74, 6) is 1.11. The minimum atomic E-state index is 0.454. The highest BCUT2D eigenvalue weighted by molar-refractivity contribution is 8.31. The van der Waals surface area contributed by atoms with Crippen LogP contribution in [0.25, 0.3) is 19.6 Å². The molecule has 0 radical (unpaired) electrons. The number of benzene rings is 4. The summed E-state index contributed by atoms with van der Waals surface area (Å²) in [6.07, 6.45) is 0. The highest BCUT2D eigenvalue weighted by atomic mass is 32.2. The summed E-state index contributed by atoms with van der Waals surface area (Å²) in [7, 11) is 0. The zero-order valence-corrected chi connectivity index (χ0v) is 26.0. The Labute approximate surface area is 250 Å². The van der Waals surface area contributed by atoms with Crippen molar-refractivity contribution in [3.05, 3.63) is 142 Å². The van der Waals surface area contributed by atoms with Crippen LogP contribution in [0.1, 0.15) is 44.5 Å². The van der Waals surface area contributed by atoms with Crippen molar-refractivity contribution in [1.29, 1.82) is 0 Å². The van der Waals surface area contributed by atoms with Gasteiger partial charge in [-0.1, -0.05) is 119 Å². The summed E-state index contributed by atoms with van der Waals surface area (Å²) < 4.78 is 0.454. The molecule has 0 bridgehead atoms. The largest absolute Gasteiger partial charge is 0.123 e. The van der Waals surface area contributed by atoms with Gasteiger partial charge in [-0.15, -0.1) is 47.0 Å². The van der Waals surface area contributed by atoms with Crippen LogP contribution in [0.2, 0.25) is 0 Å². The van der Waals surface area contributed by atoms with Crippen molar-refractivity contribution in [3.63, 3.8) is 0 Å². The Morgan fingerprint density at radius 2 is 0.718 bits per heavy atom. The van der Waals surface area contributed by atoms with Crippen LogP contribution in [0.15, 0.2) is 97.1 Å². The van der Waals surface area contributed by atoms with E-state index in [1.54, 1.807) is 0 Å². The highest BCUT2D eigenvalue weighted by Gasteiger charge is 2.37. The zero-order valence-electron chi connectivity index (χ0n) is 22.7. The summed E-state index contributed by atoms with van der Waals surface area (Å²) in [5.41, 5.74) is 10.5. The van der Waals surface area contributed by atoms with E-state index in [1.807, 2.05) is 11.8 Å². The van der Waals surface area contributed by atoms with Crippen molar-refractivity contribution in [2.45, 2.75) is 37.5 Å². The first kappa shape index (κ1) is 27.0. The Bertz CT molecular complexity index is 1470. The number of aryl methyl sites for hydroxylation is 4. The van der Waals surface area contributed by atoms with Gasteiger partial charge in [-0.05, 0) is 49.9 Å². The van der Waals surface area contributed by atoms with Gasteiger partial charge in [0.05, 0.1) is 4.58 Å². The van der Waals surface area contributed by atoms with Gasteiger partial charge >= 0.3 is 0 Å². The van der Waals surface area contributed by atoms with E-state index in [-0.39, 0.29) is 0 Å². The minimum Gasteiger partial charge on any atom is -0.123 e. The molecule has 4 aromatic rings. The molecule has 0 aromatic heterocycles. The maximum atomic E-state index is 2.30. The standard InChI is InChI=1S/C35H32S4/c1-22-5-13-26(14-6-22)31-32(27-15-7-23(2)8-16-27)37-30(21-36-31)35-38-33(28-17-9-24(3)10-18-28)34(39-35)29-19-11-25(4)12-20-29/h5-20,30,35H,21H2,1-4H3. The lowest BCUT2D eigenvalue weighted by Crippen LogP contribution is -2.21. The first-order valence-corrected chi connectivity index (χ1v) is 17.0. The molecule has 0 spiro atoms. The average molecular weight is 581 g/mol. The van der Waals surface area contributed by atoms with E-state index in [0.29, 0.717) is 9.83 Å². The third-order valence-electron chi connectivity index (χ3n) is 7.10. The molecule has 0 fully saturated rings. The molecule has 0 nitrogen and oxygen atoms in total.